The van der Waals surface area contributed by atoms with Gasteiger partial charge in [-0.15, -0.1) is 0 Å². The number of nitrogens with zero attached hydrogens (tertiary/aromatic N) is 1. The van der Waals surface area contributed by atoms with E-state index in [1.165, 1.54) is 18.2 Å². The van der Waals surface area contributed by atoms with Crippen molar-refractivity contribution in [3.63, 3.8) is 0 Å². The van der Waals surface area contributed by atoms with Gasteiger partial charge in [-0.1, -0.05) is 0 Å². The maximum absolute atomic E-state index is 12.4. The molecule has 0 aliphatic heterocycles. The van der Waals surface area contributed by atoms with Crippen LogP contribution < -0.4 is 4.74 Å². The van der Waals surface area contributed by atoms with Crippen LogP contribution in [0.5, 0.6) is 11.6 Å². The highest BCUT2D eigenvalue weighted by Crippen LogP contribution is 2.32. The van der Waals surface area contributed by atoms with Gasteiger partial charge in [0.15, 0.2) is 0 Å². The van der Waals surface area contributed by atoms with E-state index in [0.717, 1.165) is 12.1 Å². The van der Waals surface area contributed by atoms with Crippen molar-refractivity contribution in [2.75, 3.05) is 0 Å². The molecule has 0 saturated carbocycles. The molecule has 2 aromatic rings. The van der Waals surface area contributed by atoms with Gasteiger partial charge in [0.2, 0.25) is 5.88 Å². The van der Waals surface area contributed by atoms with E-state index in [0.29, 0.717) is 10.7 Å². The summed E-state index contributed by atoms with van der Waals surface area (Å²) in [6.07, 6.45) is -3.83. The minimum Gasteiger partial charge on any atom is -0.478 e. The summed E-state index contributed by atoms with van der Waals surface area (Å²) in [5.41, 5.74) is -0.909. The fourth-order valence-corrected chi connectivity index (χ4v) is 1.76. The van der Waals surface area contributed by atoms with Crippen LogP contribution in [0.3, 0.4) is 0 Å². The number of aromatic nitrogens is 1. The molecule has 8 heteroatoms. The Labute approximate surface area is 125 Å². The second-order valence-electron chi connectivity index (χ2n) is 3.94. The predicted molar refractivity (Wildman–Crippen MR) is 70.4 cm³/mol. The highest BCUT2D eigenvalue weighted by molar-refractivity contribution is 9.10. The van der Waals surface area contributed by atoms with E-state index >= 15 is 0 Å². The summed E-state index contributed by atoms with van der Waals surface area (Å²) in [4.78, 5) is 14.4. The lowest BCUT2D eigenvalue weighted by Crippen LogP contribution is -2.05. The van der Waals surface area contributed by atoms with Gasteiger partial charge in [-0.25, -0.2) is 9.78 Å². The number of halogens is 4. The van der Waals surface area contributed by atoms with Crippen LogP contribution in [0.2, 0.25) is 0 Å². The molecule has 1 heterocycles. The molecule has 0 aliphatic rings. The monoisotopic (exact) mass is 361 g/mol. The third-order valence-electron chi connectivity index (χ3n) is 2.46. The molecule has 0 saturated heterocycles. The number of carboxylic acids is 1. The Bertz CT molecular complexity index is 671. The topological polar surface area (TPSA) is 59.4 Å². The molecular weight excluding hydrogens is 355 g/mol. The molecule has 0 spiro atoms. The van der Waals surface area contributed by atoms with Gasteiger partial charge in [0, 0.05) is 12.3 Å². The SMILES string of the molecule is O=C(O)c1ccc(Br)c(Oc2ccc(C(F)(F)F)cn2)c1. The maximum Gasteiger partial charge on any atom is 0.417 e. The number of carboxylic acid groups (broad SMARTS) is 1. The Hall–Kier alpha value is -2.09. The summed E-state index contributed by atoms with van der Waals surface area (Å²) >= 11 is 3.16. The summed E-state index contributed by atoms with van der Waals surface area (Å²) < 4.78 is 42.9. The zero-order valence-electron chi connectivity index (χ0n) is 10.2. The van der Waals surface area contributed by atoms with Gasteiger partial charge in [0.05, 0.1) is 15.6 Å². The molecule has 1 N–H and O–H groups in total. The molecule has 0 fully saturated rings. The normalized spacial score (nSPS) is 11.2. The molecular formula is C13H7BrF3NO3. The average molecular weight is 362 g/mol. The van der Waals surface area contributed by atoms with Crippen molar-refractivity contribution in [1.29, 1.82) is 0 Å². The highest BCUT2D eigenvalue weighted by Gasteiger charge is 2.30. The predicted octanol–water partition coefficient (Wildman–Crippen LogP) is 4.35. The van der Waals surface area contributed by atoms with E-state index in [1.54, 1.807) is 0 Å². The first-order valence-corrected chi connectivity index (χ1v) is 6.30. The lowest BCUT2D eigenvalue weighted by atomic mass is 10.2. The van der Waals surface area contributed by atoms with Crippen LogP contribution in [-0.2, 0) is 6.18 Å². The smallest absolute Gasteiger partial charge is 0.417 e. The second-order valence-corrected chi connectivity index (χ2v) is 4.79. The lowest BCUT2D eigenvalue weighted by molar-refractivity contribution is -0.137. The Morgan fingerprint density at radius 3 is 2.48 bits per heavy atom. The van der Waals surface area contributed by atoms with Gasteiger partial charge in [-0.3, -0.25) is 0 Å². The van der Waals surface area contributed by atoms with E-state index < -0.39 is 17.7 Å². The molecule has 21 heavy (non-hydrogen) atoms. The van der Waals surface area contributed by atoms with Crippen molar-refractivity contribution in [1.82, 2.24) is 4.98 Å². The van der Waals surface area contributed by atoms with E-state index in [4.69, 9.17) is 9.84 Å². The van der Waals surface area contributed by atoms with E-state index in [-0.39, 0.29) is 17.2 Å². The van der Waals surface area contributed by atoms with Gasteiger partial charge in [-0.2, -0.15) is 13.2 Å². The maximum atomic E-state index is 12.4. The fourth-order valence-electron chi connectivity index (χ4n) is 1.44. The molecule has 110 valence electrons. The Balaban J connectivity index is 2.26. The van der Waals surface area contributed by atoms with E-state index in [2.05, 4.69) is 20.9 Å². The van der Waals surface area contributed by atoms with Crippen LogP contribution in [0.25, 0.3) is 0 Å². The molecule has 0 aliphatic carbocycles. The van der Waals surface area contributed by atoms with Gasteiger partial charge in [-0.05, 0) is 40.2 Å². The summed E-state index contributed by atoms with van der Waals surface area (Å²) in [5, 5.41) is 8.88. The van der Waals surface area contributed by atoms with Crippen LogP contribution >= 0.6 is 15.9 Å². The van der Waals surface area contributed by atoms with Crippen molar-refractivity contribution < 1.29 is 27.8 Å². The molecule has 4 nitrogen and oxygen atoms in total. The average Bonchev–Trinajstić information content (AvgIpc) is 2.40. The Morgan fingerprint density at radius 1 is 1.24 bits per heavy atom. The van der Waals surface area contributed by atoms with Crippen LogP contribution in [-0.4, -0.2) is 16.1 Å². The summed E-state index contributed by atoms with van der Waals surface area (Å²) in [7, 11) is 0. The van der Waals surface area contributed by atoms with Crippen LogP contribution in [0.15, 0.2) is 41.0 Å². The van der Waals surface area contributed by atoms with Gasteiger partial charge < -0.3 is 9.84 Å². The minimum atomic E-state index is -4.48. The molecule has 0 amide bonds. The third kappa shape index (κ3) is 3.72. The number of hydrogen-bond donors (Lipinski definition) is 1. The number of pyridine rings is 1. The molecule has 0 unspecified atom stereocenters. The van der Waals surface area contributed by atoms with Crippen molar-refractivity contribution in [2.45, 2.75) is 6.18 Å². The quantitative estimate of drug-likeness (QED) is 0.882. The molecule has 2 rings (SSSR count). The first-order valence-electron chi connectivity index (χ1n) is 5.51. The number of carbonyl (C=O) groups is 1. The zero-order valence-corrected chi connectivity index (χ0v) is 11.8. The van der Waals surface area contributed by atoms with Crippen LogP contribution in [0.1, 0.15) is 15.9 Å². The molecule has 0 atom stereocenters. The number of rotatable bonds is 3. The largest absolute Gasteiger partial charge is 0.478 e. The number of benzene rings is 1. The van der Waals surface area contributed by atoms with Crippen molar-refractivity contribution in [3.8, 4) is 11.6 Å². The Kier molecular flexibility index (Phi) is 4.17. The first kappa shape index (κ1) is 15.3. The Morgan fingerprint density at radius 2 is 1.95 bits per heavy atom. The van der Waals surface area contributed by atoms with Crippen molar-refractivity contribution in [3.05, 3.63) is 52.1 Å². The molecule has 0 bridgehead atoms. The first-order chi connectivity index (χ1) is 9.77. The molecule has 1 aromatic heterocycles. The van der Waals surface area contributed by atoms with Crippen molar-refractivity contribution in [2.24, 2.45) is 0 Å². The minimum absolute atomic E-state index is 0.0138. The number of alkyl halides is 3. The summed E-state index contributed by atoms with van der Waals surface area (Å²) in [6, 6.07) is 5.95. The van der Waals surface area contributed by atoms with Crippen LogP contribution in [0, 0.1) is 0 Å². The van der Waals surface area contributed by atoms with E-state index in [9.17, 15) is 18.0 Å². The summed E-state index contributed by atoms with van der Waals surface area (Å²) in [5.74, 6) is -1.08. The number of hydrogen-bond acceptors (Lipinski definition) is 3. The third-order valence-corrected chi connectivity index (χ3v) is 3.11. The van der Waals surface area contributed by atoms with E-state index in [1.807, 2.05) is 0 Å². The highest BCUT2D eigenvalue weighted by atomic mass is 79.9. The van der Waals surface area contributed by atoms with Crippen molar-refractivity contribution >= 4 is 21.9 Å². The molecule has 0 radical (unpaired) electrons. The van der Waals surface area contributed by atoms with Crippen LogP contribution in [0.4, 0.5) is 13.2 Å². The zero-order chi connectivity index (χ0) is 15.6. The fraction of sp³-hybridized carbons (Fsp3) is 0.0769. The van der Waals surface area contributed by atoms with Gasteiger partial charge in [0.1, 0.15) is 5.75 Å². The molecule has 1 aromatic carbocycles. The summed E-state index contributed by atoms with van der Waals surface area (Å²) in [6.45, 7) is 0. The number of aromatic carboxylic acids is 1. The second kappa shape index (κ2) is 5.72. The van der Waals surface area contributed by atoms with Gasteiger partial charge in [0.25, 0.3) is 0 Å². The standard InChI is InChI=1S/C13H7BrF3NO3/c14-9-3-1-7(12(19)20)5-10(9)21-11-4-2-8(6-18-11)13(15,16)17/h1-6H,(H,19,20). The lowest BCUT2D eigenvalue weighted by Gasteiger charge is -2.09. The van der Waals surface area contributed by atoms with Gasteiger partial charge >= 0.3 is 12.1 Å². The number of ether oxygens (including phenoxy) is 1.